The molecule has 0 saturated heterocycles. The summed E-state index contributed by atoms with van der Waals surface area (Å²) in [6.45, 7) is 9.08. The van der Waals surface area contributed by atoms with Crippen molar-refractivity contribution in [3.05, 3.63) is 34.9 Å². The van der Waals surface area contributed by atoms with Gasteiger partial charge in [0.1, 0.15) is 0 Å². The summed E-state index contributed by atoms with van der Waals surface area (Å²) in [6, 6.07) is 6.96. The molecule has 0 saturated carbocycles. The number of hydrogen-bond donors (Lipinski definition) is 0. The lowest BCUT2D eigenvalue weighted by Gasteiger charge is -2.18. The fraction of sp³-hybridized carbons (Fsp3) is 0.625. The van der Waals surface area contributed by atoms with Crippen LogP contribution in [-0.2, 0) is 12.8 Å². The van der Waals surface area contributed by atoms with Crippen LogP contribution >= 0.6 is 15.9 Å². The third-order valence-electron chi connectivity index (χ3n) is 3.64. The van der Waals surface area contributed by atoms with Gasteiger partial charge in [-0.2, -0.15) is 0 Å². The van der Waals surface area contributed by atoms with Gasteiger partial charge >= 0.3 is 0 Å². The summed E-state index contributed by atoms with van der Waals surface area (Å²) in [7, 11) is 0. The van der Waals surface area contributed by atoms with Crippen molar-refractivity contribution >= 4 is 15.9 Å². The van der Waals surface area contributed by atoms with E-state index in [0.29, 0.717) is 4.83 Å². The van der Waals surface area contributed by atoms with Crippen molar-refractivity contribution in [1.29, 1.82) is 0 Å². The van der Waals surface area contributed by atoms with Crippen LogP contribution in [0.1, 0.15) is 62.1 Å². The lowest BCUT2D eigenvalue weighted by Crippen LogP contribution is -2.02. The smallest absolute Gasteiger partial charge is 0.0400 e. The largest absolute Gasteiger partial charge is 0.0839 e. The van der Waals surface area contributed by atoms with Crippen LogP contribution in [0.3, 0.4) is 0 Å². The molecule has 2 atom stereocenters. The van der Waals surface area contributed by atoms with Crippen LogP contribution in [0.25, 0.3) is 0 Å². The molecular weight excluding hydrogens is 272 g/mol. The van der Waals surface area contributed by atoms with Crippen molar-refractivity contribution in [3.63, 3.8) is 0 Å². The Labute approximate surface area is 115 Å². The molecule has 0 bridgehead atoms. The average molecular weight is 297 g/mol. The van der Waals surface area contributed by atoms with Crippen molar-refractivity contribution in [2.45, 2.75) is 58.2 Å². The topological polar surface area (TPSA) is 0 Å². The molecule has 0 aromatic heterocycles. The number of rotatable bonds is 6. The molecule has 0 aliphatic carbocycles. The summed E-state index contributed by atoms with van der Waals surface area (Å²) in [6.07, 6.45) is 4.75. The molecule has 17 heavy (non-hydrogen) atoms. The summed E-state index contributed by atoms with van der Waals surface area (Å²) in [5.74, 6) is 0.786. The lowest BCUT2D eigenvalue weighted by molar-refractivity contribution is 0.513. The van der Waals surface area contributed by atoms with E-state index in [1.54, 1.807) is 0 Å². The summed E-state index contributed by atoms with van der Waals surface area (Å²) in [5.41, 5.74) is 4.45. The van der Waals surface area contributed by atoms with E-state index in [-0.39, 0.29) is 0 Å². The van der Waals surface area contributed by atoms with Crippen LogP contribution in [0.5, 0.6) is 0 Å². The minimum atomic E-state index is 0.513. The van der Waals surface area contributed by atoms with Crippen molar-refractivity contribution < 1.29 is 0 Å². The molecule has 0 heterocycles. The number of alkyl halides is 1. The van der Waals surface area contributed by atoms with Gasteiger partial charge in [0.05, 0.1) is 0 Å². The first kappa shape index (κ1) is 14.8. The molecule has 0 aliphatic heterocycles. The quantitative estimate of drug-likeness (QED) is 0.592. The van der Waals surface area contributed by atoms with Crippen molar-refractivity contribution in [1.82, 2.24) is 0 Å². The molecule has 0 radical (unpaired) electrons. The first-order valence-corrected chi connectivity index (χ1v) is 7.79. The Kier molecular flexibility index (Phi) is 6.26. The van der Waals surface area contributed by atoms with Gasteiger partial charge in [-0.25, -0.2) is 0 Å². The standard InChI is InChI=1S/C16H25Br/c1-5-12(4)10-16(17)15-11-13(6-2)8-9-14(15)7-3/h8-9,11-12,16H,5-7,10H2,1-4H3. The Hall–Kier alpha value is -0.300. The van der Waals surface area contributed by atoms with Crippen LogP contribution in [0.15, 0.2) is 18.2 Å². The van der Waals surface area contributed by atoms with E-state index in [4.69, 9.17) is 0 Å². The Balaban J connectivity index is 2.92. The number of halogens is 1. The number of benzene rings is 1. The molecule has 1 heteroatoms. The maximum atomic E-state index is 3.88. The highest BCUT2D eigenvalue weighted by Gasteiger charge is 2.14. The maximum Gasteiger partial charge on any atom is 0.0400 e. The van der Waals surface area contributed by atoms with Gasteiger partial charge in [-0.15, -0.1) is 0 Å². The van der Waals surface area contributed by atoms with Gasteiger partial charge in [-0.1, -0.05) is 68.2 Å². The summed E-state index contributed by atoms with van der Waals surface area (Å²) in [4.78, 5) is 0.513. The monoisotopic (exact) mass is 296 g/mol. The summed E-state index contributed by atoms with van der Waals surface area (Å²) in [5, 5.41) is 0. The van der Waals surface area contributed by atoms with Crippen LogP contribution in [0, 0.1) is 5.92 Å². The first-order chi connectivity index (χ1) is 8.12. The minimum absolute atomic E-state index is 0.513. The first-order valence-electron chi connectivity index (χ1n) is 6.88. The average Bonchev–Trinajstić information content (AvgIpc) is 2.37. The molecule has 0 N–H and O–H groups in total. The zero-order valence-electron chi connectivity index (χ0n) is 11.6. The SMILES string of the molecule is CCc1ccc(CC)c(C(Br)CC(C)CC)c1. The molecule has 0 aliphatic rings. The Morgan fingerprint density at radius 3 is 2.35 bits per heavy atom. The molecule has 2 unspecified atom stereocenters. The zero-order valence-corrected chi connectivity index (χ0v) is 13.2. The van der Waals surface area contributed by atoms with Gasteiger partial charge in [-0.3, -0.25) is 0 Å². The highest BCUT2D eigenvalue weighted by Crippen LogP contribution is 2.34. The highest BCUT2D eigenvalue weighted by molar-refractivity contribution is 9.09. The van der Waals surface area contributed by atoms with E-state index < -0.39 is 0 Å². The normalized spacial score (nSPS) is 14.6. The van der Waals surface area contributed by atoms with Crippen molar-refractivity contribution in [2.75, 3.05) is 0 Å². The Bertz CT molecular complexity index is 343. The van der Waals surface area contributed by atoms with Gasteiger partial charge in [0, 0.05) is 4.83 Å². The van der Waals surface area contributed by atoms with Gasteiger partial charge in [0.2, 0.25) is 0 Å². The van der Waals surface area contributed by atoms with Gasteiger partial charge in [0.25, 0.3) is 0 Å². The number of hydrogen-bond acceptors (Lipinski definition) is 0. The highest BCUT2D eigenvalue weighted by atomic mass is 79.9. The lowest BCUT2D eigenvalue weighted by atomic mass is 9.93. The molecule has 0 fully saturated rings. The fourth-order valence-electron chi connectivity index (χ4n) is 2.12. The second-order valence-electron chi connectivity index (χ2n) is 4.96. The zero-order chi connectivity index (χ0) is 12.8. The molecule has 0 spiro atoms. The van der Waals surface area contributed by atoms with Gasteiger partial charge < -0.3 is 0 Å². The van der Waals surface area contributed by atoms with Crippen LogP contribution in [0.2, 0.25) is 0 Å². The summed E-state index contributed by atoms with van der Waals surface area (Å²) >= 11 is 3.88. The van der Waals surface area contributed by atoms with E-state index in [0.717, 1.165) is 18.8 Å². The molecule has 0 nitrogen and oxygen atoms in total. The van der Waals surface area contributed by atoms with E-state index in [2.05, 4.69) is 61.8 Å². The molecular formula is C16H25Br. The fourth-order valence-corrected chi connectivity index (χ4v) is 3.19. The van der Waals surface area contributed by atoms with Crippen molar-refractivity contribution in [3.8, 4) is 0 Å². The Morgan fingerprint density at radius 1 is 1.12 bits per heavy atom. The molecule has 1 aromatic carbocycles. The van der Waals surface area contributed by atoms with E-state index in [1.165, 1.54) is 29.5 Å². The number of aryl methyl sites for hydroxylation is 2. The Morgan fingerprint density at radius 2 is 1.82 bits per heavy atom. The van der Waals surface area contributed by atoms with E-state index in [9.17, 15) is 0 Å². The summed E-state index contributed by atoms with van der Waals surface area (Å²) < 4.78 is 0. The third-order valence-corrected chi connectivity index (χ3v) is 4.51. The van der Waals surface area contributed by atoms with Crippen LogP contribution in [0.4, 0.5) is 0 Å². The predicted molar refractivity (Wildman–Crippen MR) is 80.9 cm³/mol. The van der Waals surface area contributed by atoms with E-state index >= 15 is 0 Å². The predicted octanol–water partition coefficient (Wildman–Crippen LogP) is 5.68. The molecule has 1 aromatic rings. The second kappa shape index (κ2) is 7.20. The second-order valence-corrected chi connectivity index (χ2v) is 6.06. The van der Waals surface area contributed by atoms with Gasteiger partial charge in [0.15, 0.2) is 0 Å². The molecule has 96 valence electrons. The molecule has 1 rings (SSSR count). The third kappa shape index (κ3) is 4.13. The van der Waals surface area contributed by atoms with Crippen molar-refractivity contribution in [2.24, 2.45) is 5.92 Å². The van der Waals surface area contributed by atoms with Gasteiger partial charge in [-0.05, 0) is 41.9 Å². The van der Waals surface area contributed by atoms with E-state index in [1.807, 2.05) is 0 Å². The van der Waals surface area contributed by atoms with Crippen LogP contribution in [-0.4, -0.2) is 0 Å². The van der Waals surface area contributed by atoms with Crippen LogP contribution < -0.4 is 0 Å². The minimum Gasteiger partial charge on any atom is -0.0839 e. The molecule has 0 amide bonds. The maximum absolute atomic E-state index is 3.88.